The van der Waals surface area contributed by atoms with Crippen LogP contribution >= 0.6 is 11.6 Å². The van der Waals surface area contributed by atoms with Gasteiger partial charge in [-0.3, -0.25) is 14.4 Å². The maximum absolute atomic E-state index is 12.1. The first-order chi connectivity index (χ1) is 12.0. The van der Waals surface area contributed by atoms with E-state index < -0.39 is 11.9 Å². The van der Waals surface area contributed by atoms with Crippen molar-refractivity contribution in [3.63, 3.8) is 0 Å². The van der Waals surface area contributed by atoms with Crippen molar-refractivity contribution in [2.75, 3.05) is 11.9 Å². The lowest BCUT2D eigenvalue weighted by atomic mass is 9.81. The molecule has 1 aromatic carbocycles. The lowest BCUT2D eigenvalue weighted by Crippen LogP contribution is -2.36. The Morgan fingerprint density at radius 1 is 1.12 bits per heavy atom. The fourth-order valence-electron chi connectivity index (χ4n) is 3.01. The zero-order valence-electron chi connectivity index (χ0n) is 14.0. The topological polar surface area (TPSA) is 95.5 Å². The largest absolute Gasteiger partial charge is 0.481 e. The molecule has 136 valence electrons. The third-order valence-electron chi connectivity index (χ3n) is 4.40. The van der Waals surface area contributed by atoms with Crippen LogP contribution in [0.2, 0.25) is 5.02 Å². The fraction of sp³-hybridized carbons (Fsp3) is 0.500. The van der Waals surface area contributed by atoms with Gasteiger partial charge in [0.1, 0.15) is 0 Å². The van der Waals surface area contributed by atoms with Gasteiger partial charge in [0.15, 0.2) is 0 Å². The molecule has 0 saturated heterocycles. The average molecular weight is 367 g/mol. The molecule has 0 aliphatic heterocycles. The molecule has 6 nitrogen and oxygen atoms in total. The van der Waals surface area contributed by atoms with Gasteiger partial charge in [-0.1, -0.05) is 18.0 Å². The Morgan fingerprint density at radius 2 is 1.80 bits per heavy atom. The quantitative estimate of drug-likeness (QED) is 0.646. The molecule has 0 aromatic heterocycles. The van der Waals surface area contributed by atoms with Crippen LogP contribution in [0, 0.1) is 11.8 Å². The number of amides is 2. The molecule has 0 radical (unpaired) electrons. The summed E-state index contributed by atoms with van der Waals surface area (Å²) in [5.41, 5.74) is 0.681. The number of benzene rings is 1. The highest BCUT2D eigenvalue weighted by Crippen LogP contribution is 2.29. The summed E-state index contributed by atoms with van der Waals surface area (Å²) in [6, 6.07) is 6.85. The molecule has 1 aliphatic carbocycles. The Labute approximate surface area is 151 Å². The van der Waals surface area contributed by atoms with E-state index in [-0.39, 0.29) is 17.7 Å². The number of carboxylic acid groups (broad SMARTS) is 1. The molecule has 2 amide bonds. The van der Waals surface area contributed by atoms with Crippen molar-refractivity contribution in [1.82, 2.24) is 5.32 Å². The Morgan fingerprint density at radius 3 is 2.48 bits per heavy atom. The van der Waals surface area contributed by atoms with Crippen molar-refractivity contribution >= 4 is 35.1 Å². The summed E-state index contributed by atoms with van der Waals surface area (Å²) >= 11 is 5.79. The minimum absolute atomic E-state index is 0.107. The second-order valence-corrected chi connectivity index (χ2v) is 6.78. The van der Waals surface area contributed by atoms with E-state index in [9.17, 15) is 14.4 Å². The van der Waals surface area contributed by atoms with Gasteiger partial charge < -0.3 is 15.7 Å². The number of nitrogens with one attached hydrogen (secondary N) is 2. The van der Waals surface area contributed by atoms with Gasteiger partial charge in [-0.05, 0) is 49.9 Å². The van der Waals surface area contributed by atoms with Crippen LogP contribution in [0.5, 0.6) is 0 Å². The van der Waals surface area contributed by atoms with Crippen LogP contribution in [0.1, 0.15) is 38.5 Å². The van der Waals surface area contributed by atoms with E-state index in [4.69, 9.17) is 16.7 Å². The molecule has 0 spiro atoms. The molecule has 25 heavy (non-hydrogen) atoms. The molecule has 7 heteroatoms. The molecule has 1 aromatic rings. The summed E-state index contributed by atoms with van der Waals surface area (Å²) in [6.45, 7) is 0.404. The van der Waals surface area contributed by atoms with E-state index >= 15 is 0 Å². The monoisotopic (exact) mass is 366 g/mol. The number of carbonyl (C=O) groups is 3. The van der Waals surface area contributed by atoms with Crippen molar-refractivity contribution in [3.8, 4) is 0 Å². The van der Waals surface area contributed by atoms with Gasteiger partial charge in [-0.25, -0.2) is 0 Å². The number of halogens is 1. The second-order valence-electron chi connectivity index (χ2n) is 6.35. The van der Waals surface area contributed by atoms with Gasteiger partial charge in [0.05, 0.1) is 5.92 Å². The zero-order chi connectivity index (χ0) is 18.2. The van der Waals surface area contributed by atoms with E-state index in [1.807, 2.05) is 0 Å². The smallest absolute Gasteiger partial charge is 0.306 e. The molecular weight excluding hydrogens is 344 g/mol. The number of carboxylic acids is 1. The van der Waals surface area contributed by atoms with Crippen LogP contribution in [-0.4, -0.2) is 29.4 Å². The summed E-state index contributed by atoms with van der Waals surface area (Å²) in [5.74, 6) is -1.71. The van der Waals surface area contributed by atoms with E-state index in [2.05, 4.69) is 10.6 Å². The molecule has 1 aliphatic rings. The Hall–Kier alpha value is -2.08. The predicted molar refractivity (Wildman–Crippen MR) is 95.4 cm³/mol. The Bertz CT molecular complexity index is 618. The molecule has 0 heterocycles. The predicted octanol–water partition coefficient (Wildman–Crippen LogP) is 3.07. The first-order valence-corrected chi connectivity index (χ1v) is 8.89. The van der Waals surface area contributed by atoms with Gasteiger partial charge in [0, 0.05) is 29.6 Å². The van der Waals surface area contributed by atoms with E-state index in [0.717, 1.165) is 12.8 Å². The highest BCUT2D eigenvalue weighted by molar-refractivity contribution is 6.30. The maximum Gasteiger partial charge on any atom is 0.306 e. The molecule has 2 atom stereocenters. The molecule has 0 bridgehead atoms. The fourth-order valence-corrected chi connectivity index (χ4v) is 3.14. The van der Waals surface area contributed by atoms with Crippen LogP contribution in [-0.2, 0) is 14.4 Å². The number of hydrogen-bond donors (Lipinski definition) is 3. The van der Waals surface area contributed by atoms with Crippen LogP contribution in [0.15, 0.2) is 24.3 Å². The minimum Gasteiger partial charge on any atom is -0.481 e. The molecule has 2 unspecified atom stereocenters. The van der Waals surface area contributed by atoms with Crippen LogP contribution in [0.4, 0.5) is 5.69 Å². The van der Waals surface area contributed by atoms with Gasteiger partial charge in [-0.15, -0.1) is 0 Å². The first kappa shape index (κ1) is 19.2. The third-order valence-corrected chi connectivity index (χ3v) is 4.65. The number of rotatable bonds is 7. The highest BCUT2D eigenvalue weighted by Gasteiger charge is 2.30. The molecular formula is C18H23ClN2O4. The number of hydrogen-bond acceptors (Lipinski definition) is 3. The molecule has 1 saturated carbocycles. The van der Waals surface area contributed by atoms with Crippen molar-refractivity contribution < 1.29 is 19.5 Å². The standard InChI is InChI=1S/C18H23ClN2O4/c19-14-6-8-15(9-7-14)21-16(22)5-2-10-20-17(23)12-3-1-4-13(11-12)18(24)25/h6-9,12-13H,1-5,10-11H2,(H,20,23)(H,21,22)(H,24,25). The maximum atomic E-state index is 12.1. The van der Waals surface area contributed by atoms with Gasteiger partial charge >= 0.3 is 5.97 Å². The molecule has 3 N–H and O–H groups in total. The van der Waals surface area contributed by atoms with Crippen molar-refractivity contribution in [3.05, 3.63) is 29.3 Å². The SMILES string of the molecule is O=C(CCCNC(=O)C1CCCC(C(=O)O)C1)Nc1ccc(Cl)cc1. The third kappa shape index (κ3) is 6.38. The van der Waals surface area contributed by atoms with E-state index in [1.54, 1.807) is 24.3 Å². The average Bonchev–Trinajstić information content (AvgIpc) is 2.60. The van der Waals surface area contributed by atoms with Crippen molar-refractivity contribution in [1.29, 1.82) is 0 Å². The van der Waals surface area contributed by atoms with Crippen molar-refractivity contribution in [2.24, 2.45) is 11.8 Å². The van der Waals surface area contributed by atoms with E-state index in [0.29, 0.717) is 42.9 Å². The minimum atomic E-state index is -0.823. The lowest BCUT2D eigenvalue weighted by molar-refractivity contribution is -0.144. The summed E-state index contributed by atoms with van der Waals surface area (Å²) in [7, 11) is 0. The lowest BCUT2D eigenvalue weighted by Gasteiger charge is -2.25. The normalized spacial score (nSPS) is 19.9. The van der Waals surface area contributed by atoms with Crippen LogP contribution in [0.3, 0.4) is 0 Å². The number of anilines is 1. The summed E-state index contributed by atoms with van der Waals surface area (Å²) in [4.78, 5) is 35.0. The number of carbonyl (C=O) groups excluding carboxylic acids is 2. The highest BCUT2D eigenvalue weighted by atomic mass is 35.5. The summed E-state index contributed by atoms with van der Waals surface area (Å²) < 4.78 is 0. The van der Waals surface area contributed by atoms with Crippen molar-refractivity contribution in [2.45, 2.75) is 38.5 Å². The summed E-state index contributed by atoms with van der Waals surface area (Å²) in [6.07, 6.45) is 3.36. The Balaban J connectivity index is 1.64. The summed E-state index contributed by atoms with van der Waals surface area (Å²) in [5, 5.41) is 15.2. The number of aliphatic carboxylic acids is 1. The van der Waals surface area contributed by atoms with Crippen LogP contribution in [0.25, 0.3) is 0 Å². The van der Waals surface area contributed by atoms with E-state index in [1.165, 1.54) is 0 Å². The van der Waals surface area contributed by atoms with Gasteiger partial charge in [-0.2, -0.15) is 0 Å². The zero-order valence-corrected chi connectivity index (χ0v) is 14.7. The molecule has 2 rings (SSSR count). The second kappa shape index (κ2) is 9.42. The van der Waals surface area contributed by atoms with Gasteiger partial charge in [0.2, 0.25) is 11.8 Å². The van der Waals surface area contributed by atoms with Gasteiger partial charge in [0.25, 0.3) is 0 Å². The first-order valence-electron chi connectivity index (χ1n) is 8.51. The molecule has 1 fully saturated rings. The van der Waals surface area contributed by atoms with Crippen LogP contribution < -0.4 is 10.6 Å². The Kier molecular flexibility index (Phi) is 7.25.